The Labute approximate surface area is 187 Å². The number of benzene rings is 2. The third-order valence-electron chi connectivity index (χ3n) is 4.24. The minimum atomic E-state index is -0.888. The molecule has 1 aliphatic heterocycles. The highest BCUT2D eigenvalue weighted by molar-refractivity contribution is 7.09. The van der Waals surface area contributed by atoms with E-state index >= 15 is 0 Å². The summed E-state index contributed by atoms with van der Waals surface area (Å²) in [4.78, 5) is 16.5. The predicted octanol–water partition coefficient (Wildman–Crippen LogP) is 3.27. The standard InChI is InChI=1S/C21H19ClN2O6S/c22-13-1-3-15(4-2-13)28-10-20-24-17(11-31-20)21(26)23-8-14(25)9-27-16-5-6-18-19(7-16)30-12-29-18/h1-7,11,14,25H,8-10,12H2,(H,23,26). The van der Waals surface area contributed by atoms with Gasteiger partial charge in [0.25, 0.3) is 5.91 Å². The average Bonchev–Trinajstić information content (AvgIpc) is 3.45. The van der Waals surface area contributed by atoms with Gasteiger partial charge in [-0.05, 0) is 36.4 Å². The van der Waals surface area contributed by atoms with E-state index in [1.165, 1.54) is 11.3 Å². The van der Waals surface area contributed by atoms with Crippen LogP contribution in [0.1, 0.15) is 15.5 Å². The first-order chi connectivity index (χ1) is 15.1. The maximum Gasteiger partial charge on any atom is 0.270 e. The van der Waals surface area contributed by atoms with Crippen LogP contribution < -0.4 is 24.3 Å². The molecule has 4 rings (SSSR count). The highest BCUT2D eigenvalue weighted by atomic mass is 35.5. The molecule has 0 radical (unpaired) electrons. The van der Waals surface area contributed by atoms with Crippen LogP contribution in [-0.2, 0) is 6.61 Å². The summed E-state index contributed by atoms with van der Waals surface area (Å²) in [5.41, 5.74) is 0.267. The lowest BCUT2D eigenvalue weighted by Crippen LogP contribution is -2.35. The fraction of sp³-hybridized carbons (Fsp3) is 0.238. The Bertz CT molecular complexity index is 1040. The van der Waals surface area contributed by atoms with Gasteiger partial charge in [0.05, 0.1) is 0 Å². The third-order valence-corrected chi connectivity index (χ3v) is 5.32. The van der Waals surface area contributed by atoms with Gasteiger partial charge in [-0.25, -0.2) is 4.98 Å². The van der Waals surface area contributed by atoms with Crippen molar-refractivity contribution in [1.82, 2.24) is 10.3 Å². The van der Waals surface area contributed by atoms with Crippen LogP contribution in [0.25, 0.3) is 0 Å². The van der Waals surface area contributed by atoms with Crippen molar-refractivity contribution in [3.05, 3.63) is 63.6 Å². The summed E-state index contributed by atoms with van der Waals surface area (Å²) >= 11 is 7.16. The van der Waals surface area contributed by atoms with E-state index < -0.39 is 6.10 Å². The largest absolute Gasteiger partial charge is 0.491 e. The van der Waals surface area contributed by atoms with Crippen LogP contribution in [0.2, 0.25) is 5.02 Å². The molecule has 1 aliphatic rings. The number of carbonyl (C=O) groups is 1. The molecular formula is C21H19ClN2O6S. The topological polar surface area (TPSA) is 99.1 Å². The smallest absolute Gasteiger partial charge is 0.270 e. The summed E-state index contributed by atoms with van der Waals surface area (Å²) in [5.74, 6) is 2.08. The summed E-state index contributed by atoms with van der Waals surface area (Å²) in [6, 6.07) is 12.1. The number of aliphatic hydroxyl groups excluding tert-OH is 1. The molecule has 0 aliphatic carbocycles. The Morgan fingerprint density at radius 2 is 1.94 bits per heavy atom. The number of carbonyl (C=O) groups excluding carboxylic acids is 1. The van der Waals surface area contributed by atoms with Crippen molar-refractivity contribution < 1.29 is 28.8 Å². The molecule has 2 aromatic carbocycles. The number of amides is 1. The van der Waals surface area contributed by atoms with E-state index in [4.69, 9.17) is 30.5 Å². The molecule has 2 N–H and O–H groups in total. The van der Waals surface area contributed by atoms with E-state index in [1.54, 1.807) is 47.8 Å². The molecule has 0 spiro atoms. The molecule has 1 aromatic heterocycles. The molecule has 2 heterocycles. The first-order valence-corrected chi connectivity index (χ1v) is 10.6. The summed E-state index contributed by atoms with van der Waals surface area (Å²) in [5, 5.41) is 15.7. The van der Waals surface area contributed by atoms with Gasteiger partial charge in [-0.15, -0.1) is 11.3 Å². The fourth-order valence-corrected chi connectivity index (χ4v) is 3.49. The summed E-state index contributed by atoms with van der Waals surface area (Å²) in [6.07, 6.45) is -0.888. The van der Waals surface area contributed by atoms with Crippen molar-refractivity contribution in [3.8, 4) is 23.0 Å². The van der Waals surface area contributed by atoms with Crippen LogP contribution in [-0.4, -0.2) is 42.0 Å². The second-order valence-corrected chi connectivity index (χ2v) is 7.94. The molecule has 3 aromatic rings. The molecule has 10 heteroatoms. The number of ether oxygens (including phenoxy) is 4. The van der Waals surface area contributed by atoms with Gasteiger partial charge >= 0.3 is 0 Å². The molecule has 0 bridgehead atoms. The number of nitrogens with zero attached hydrogens (tertiary/aromatic N) is 1. The van der Waals surface area contributed by atoms with E-state index in [0.29, 0.717) is 33.0 Å². The minimum absolute atomic E-state index is 0.0111. The number of nitrogens with one attached hydrogen (secondary N) is 1. The maximum absolute atomic E-state index is 12.3. The molecule has 1 atom stereocenters. The maximum atomic E-state index is 12.3. The molecular weight excluding hydrogens is 444 g/mol. The summed E-state index contributed by atoms with van der Waals surface area (Å²) in [7, 11) is 0. The number of hydrogen-bond acceptors (Lipinski definition) is 8. The zero-order valence-corrected chi connectivity index (χ0v) is 17.8. The van der Waals surface area contributed by atoms with Crippen LogP contribution in [0.15, 0.2) is 47.8 Å². The van der Waals surface area contributed by atoms with Crippen molar-refractivity contribution in [2.45, 2.75) is 12.7 Å². The van der Waals surface area contributed by atoms with Crippen molar-refractivity contribution in [1.29, 1.82) is 0 Å². The molecule has 1 unspecified atom stereocenters. The van der Waals surface area contributed by atoms with E-state index in [9.17, 15) is 9.90 Å². The van der Waals surface area contributed by atoms with Crippen LogP contribution in [0, 0.1) is 0 Å². The lowest BCUT2D eigenvalue weighted by atomic mass is 10.3. The van der Waals surface area contributed by atoms with Gasteiger partial charge in [-0.1, -0.05) is 11.6 Å². The highest BCUT2D eigenvalue weighted by Crippen LogP contribution is 2.35. The molecule has 0 fully saturated rings. The zero-order valence-electron chi connectivity index (χ0n) is 16.2. The lowest BCUT2D eigenvalue weighted by Gasteiger charge is -2.13. The fourth-order valence-electron chi connectivity index (χ4n) is 2.68. The first kappa shape index (κ1) is 21.2. The number of rotatable bonds is 9. The highest BCUT2D eigenvalue weighted by Gasteiger charge is 2.16. The van der Waals surface area contributed by atoms with Gasteiger partial charge in [-0.3, -0.25) is 4.79 Å². The normalized spacial score (nSPS) is 13.0. The number of fused-ring (bicyclic) bond motifs is 1. The van der Waals surface area contributed by atoms with E-state index in [2.05, 4.69) is 10.3 Å². The van der Waals surface area contributed by atoms with E-state index in [-0.39, 0.29) is 38.2 Å². The van der Waals surface area contributed by atoms with Crippen LogP contribution in [0.3, 0.4) is 0 Å². The lowest BCUT2D eigenvalue weighted by molar-refractivity contribution is 0.0840. The van der Waals surface area contributed by atoms with Crippen LogP contribution in [0.4, 0.5) is 0 Å². The number of halogens is 1. The summed E-state index contributed by atoms with van der Waals surface area (Å²) in [6.45, 7) is 0.458. The second-order valence-electron chi connectivity index (χ2n) is 6.56. The van der Waals surface area contributed by atoms with Gasteiger partial charge < -0.3 is 29.4 Å². The van der Waals surface area contributed by atoms with Gasteiger partial charge in [0.2, 0.25) is 6.79 Å². The number of aromatic nitrogens is 1. The quantitative estimate of drug-likeness (QED) is 0.503. The number of aliphatic hydroxyl groups is 1. The SMILES string of the molecule is O=C(NCC(O)COc1ccc2c(c1)OCO2)c1csc(COc2ccc(Cl)cc2)n1. The average molecular weight is 463 g/mol. The number of hydrogen-bond donors (Lipinski definition) is 2. The third kappa shape index (κ3) is 5.78. The minimum Gasteiger partial charge on any atom is -0.491 e. The Morgan fingerprint density at radius 1 is 1.16 bits per heavy atom. The molecule has 8 nitrogen and oxygen atoms in total. The van der Waals surface area contributed by atoms with Crippen molar-refractivity contribution in [2.75, 3.05) is 19.9 Å². The zero-order chi connectivity index (χ0) is 21.6. The van der Waals surface area contributed by atoms with Crippen molar-refractivity contribution in [3.63, 3.8) is 0 Å². The Hall–Kier alpha value is -3.01. The van der Waals surface area contributed by atoms with Gasteiger partial charge in [0.15, 0.2) is 11.5 Å². The Balaban J connectivity index is 1.20. The molecule has 1 amide bonds. The van der Waals surface area contributed by atoms with E-state index in [0.717, 1.165) is 0 Å². The second kappa shape index (κ2) is 9.86. The monoisotopic (exact) mass is 462 g/mol. The van der Waals surface area contributed by atoms with E-state index in [1.807, 2.05) is 0 Å². The molecule has 162 valence electrons. The molecule has 0 saturated heterocycles. The molecule has 31 heavy (non-hydrogen) atoms. The Kier molecular flexibility index (Phi) is 6.76. The van der Waals surface area contributed by atoms with Gasteiger partial charge in [0, 0.05) is 23.0 Å². The van der Waals surface area contributed by atoms with Crippen LogP contribution >= 0.6 is 22.9 Å². The Morgan fingerprint density at radius 3 is 2.77 bits per heavy atom. The predicted molar refractivity (Wildman–Crippen MR) is 114 cm³/mol. The van der Waals surface area contributed by atoms with Crippen molar-refractivity contribution in [2.24, 2.45) is 0 Å². The van der Waals surface area contributed by atoms with Crippen LogP contribution in [0.5, 0.6) is 23.0 Å². The molecule has 0 saturated carbocycles. The summed E-state index contributed by atoms with van der Waals surface area (Å²) < 4.78 is 21.7. The number of thiazole rings is 1. The van der Waals surface area contributed by atoms with Gasteiger partial charge in [-0.2, -0.15) is 0 Å². The van der Waals surface area contributed by atoms with Crippen molar-refractivity contribution >= 4 is 28.8 Å². The van der Waals surface area contributed by atoms with Gasteiger partial charge in [0.1, 0.15) is 41.5 Å². The first-order valence-electron chi connectivity index (χ1n) is 9.38.